The summed E-state index contributed by atoms with van der Waals surface area (Å²) in [7, 11) is -2.24. The summed E-state index contributed by atoms with van der Waals surface area (Å²) in [4.78, 5) is 0.196. The van der Waals surface area contributed by atoms with Gasteiger partial charge in [-0.3, -0.25) is 0 Å². The minimum Gasteiger partial charge on any atom is -0.495 e. The van der Waals surface area contributed by atoms with Crippen LogP contribution in [0.2, 0.25) is 0 Å². The summed E-state index contributed by atoms with van der Waals surface area (Å²) in [6, 6.07) is 19.3. The van der Waals surface area contributed by atoms with Crippen molar-refractivity contribution in [1.82, 2.24) is 4.72 Å². The van der Waals surface area contributed by atoms with E-state index in [9.17, 15) is 8.42 Å². The van der Waals surface area contributed by atoms with Gasteiger partial charge in [-0.25, -0.2) is 13.1 Å². The predicted octanol–water partition coefficient (Wildman–Crippen LogP) is 6.88. The van der Waals surface area contributed by atoms with E-state index in [0.29, 0.717) is 15.8 Å². The highest BCUT2D eigenvalue weighted by Crippen LogP contribution is 2.48. The fourth-order valence-electron chi connectivity index (χ4n) is 3.92. The van der Waals surface area contributed by atoms with Crippen molar-refractivity contribution in [1.29, 1.82) is 0 Å². The molecular weight excluding hydrogens is 542 g/mol. The van der Waals surface area contributed by atoms with Crippen molar-refractivity contribution < 1.29 is 13.2 Å². The van der Waals surface area contributed by atoms with Crippen LogP contribution in [-0.4, -0.2) is 21.6 Å². The molecule has 0 aromatic heterocycles. The minimum absolute atomic E-state index is 0.196. The molecule has 0 unspecified atom stereocenters. The molecule has 0 spiro atoms. The van der Waals surface area contributed by atoms with Gasteiger partial charge < -0.3 is 4.74 Å². The summed E-state index contributed by atoms with van der Waals surface area (Å²) in [6.45, 7) is 3.61. The first-order chi connectivity index (χ1) is 14.7. The van der Waals surface area contributed by atoms with Crippen LogP contribution < -0.4 is 9.46 Å². The van der Waals surface area contributed by atoms with E-state index in [4.69, 9.17) is 4.74 Å². The summed E-state index contributed by atoms with van der Waals surface area (Å²) >= 11 is 7.17. The Morgan fingerprint density at radius 3 is 1.90 bits per heavy atom. The van der Waals surface area contributed by atoms with Gasteiger partial charge in [0.15, 0.2) is 0 Å². The summed E-state index contributed by atoms with van der Waals surface area (Å²) in [5.41, 5.74) is 1.33. The maximum Gasteiger partial charge on any atom is 0.242 e. The lowest BCUT2D eigenvalue weighted by Gasteiger charge is -2.21. The number of rotatable bonds is 5. The number of ether oxygens (including phenoxy) is 1. The molecule has 4 rings (SSSR count). The van der Waals surface area contributed by atoms with Gasteiger partial charge in [0.25, 0.3) is 0 Å². The average molecular weight is 563 g/mol. The average Bonchev–Trinajstić information content (AvgIpc) is 2.70. The molecule has 0 fully saturated rings. The van der Waals surface area contributed by atoms with Gasteiger partial charge in [0, 0.05) is 21.6 Å². The van der Waals surface area contributed by atoms with E-state index >= 15 is 0 Å². The van der Waals surface area contributed by atoms with Crippen molar-refractivity contribution >= 4 is 63.4 Å². The molecule has 0 bridgehead atoms. The minimum atomic E-state index is -3.83. The van der Waals surface area contributed by atoms with Crippen molar-refractivity contribution in [3.63, 3.8) is 0 Å². The smallest absolute Gasteiger partial charge is 0.242 e. The topological polar surface area (TPSA) is 55.4 Å². The Morgan fingerprint density at radius 1 is 0.839 bits per heavy atom. The van der Waals surface area contributed by atoms with Gasteiger partial charge in [-0.1, -0.05) is 48.5 Å². The third-order valence-electron chi connectivity index (χ3n) is 5.03. The number of benzene rings is 4. The predicted molar refractivity (Wildman–Crippen MR) is 134 cm³/mol. The molecular formula is C24H21Br2NO3S. The van der Waals surface area contributed by atoms with Crippen molar-refractivity contribution in [2.45, 2.75) is 24.8 Å². The number of halogens is 2. The van der Waals surface area contributed by atoms with Crippen molar-refractivity contribution in [3.8, 4) is 16.9 Å². The van der Waals surface area contributed by atoms with Crippen LogP contribution in [-0.2, 0) is 10.0 Å². The summed E-state index contributed by atoms with van der Waals surface area (Å²) < 4.78 is 36.9. The monoisotopic (exact) mass is 561 g/mol. The number of nitrogens with one attached hydrogen (secondary N) is 1. The molecule has 0 saturated carbocycles. The van der Waals surface area contributed by atoms with Crippen LogP contribution in [0.25, 0.3) is 32.7 Å². The fourth-order valence-corrected chi connectivity index (χ4v) is 7.14. The van der Waals surface area contributed by atoms with E-state index in [2.05, 4.69) is 36.6 Å². The highest BCUT2D eigenvalue weighted by molar-refractivity contribution is 9.10. The van der Waals surface area contributed by atoms with Crippen LogP contribution >= 0.6 is 31.9 Å². The van der Waals surface area contributed by atoms with E-state index < -0.39 is 10.0 Å². The third kappa shape index (κ3) is 4.00. The Bertz CT molecular complexity index is 1420. The Morgan fingerprint density at radius 2 is 1.35 bits per heavy atom. The van der Waals surface area contributed by atoms with Crippen LogP contribution in [0.4, 0.5) is 0 Å². The van der Waals surface area contributed by atoms with Gasteiger partial charge in [0.05, 0.1) is 11.6 Å². The molecule has 0 aliphatic heterocycles. The SMILES string of the molecule is COc1c(Br)cc2ccccc2c1-c1c(S(=O)(=O)NC(C)C)c(Br)cc2ccccc12. The summed E-state index contributed by atoms with van der Waals surface area (Å²) in [6.07, 6.45) is 0. The Labute approximate surface area is 198 Å². The zero-order valence-corrected chi connectivity index (χ0v) is 21.2. The molecule has 0 amide bonds. The molecule has 0 aliphatic rings. The van der Waals surface area contributed by atoms with Crippen LogP contribution in [0.5, 0.6) is 5.75 Å². The standard InChI is InChI=1S/C24H21Br2NO3S/c1-14(2)27-31(28,29)24-20(26)13-16-9-5-7-11-18(16)22(24)21-17-10-6-4-8-15(17)12-19(25)23(21)30-3/h4-14,27H,1-3H3. The first kappa shape index (κ1) is 22.3. The number of hydrogen-bond donors (Lipinski definition) is 1. The van der Waals surface area contributed by atoms with Gasteiger partial charge in [-0.2, -0.15) is 0 Å². The molecule has 4 aromatic carbocycles. The molecule has 0 heterocycles. The first-order valence-corrected chi connectivity index (χ1v) is 12.8. The maximum atomic E-state index is 13.5. The molecule has 0 atom stereocenters. The number of sulfonamides is 1. The maximum absolute atomic E-state index is 13.5. The molecule has 160 valence electrons. The van der Waals surface area contributed by atoms with E-state index in [1.54, 1.807) is 21.0 Å². The highest BCUT2D eigenvalue weighted by atomic mass is 79.9. The fraction of sp³-hybridized carbons (Fsp3) is 0.167. The molecule has 0 saturated heterocycles. The van der Waals surface area contributed by atoms with Gasteiger partial charge >= 0.3 is 0 Å². The molecule has 1 N–H and O–H groups in total. The van der Waals surface area contributed by atoms with Crippen LogP contribution in [0.15, 0.2) is 74.5 Å². The van der Waals surface area contributed by atoms with E-state index in [1.165, 1.54) is 0 Å². The number of hydrogen-bond acceptors (Lipinski definition) is 3. The lowest BCUT2D eigenvalue weighted by Crippen LogP contribution is -2.31. The largest absolute Gasteiger partial charge is 0.495 e. The molecule has 7 heteroatoms. The van der Waals surface area contributed by atoms with Gasteiger partial charge in [0.2, 0.25) is 10.0 Å². The van der Waals surface area contributed by atoms with Crippen molar-refractivity contribution in [2.24, 2.45) is 0 Å². The van der Waals surface area contributed by atoms with Crippen molar-refractivity contribution in [2.75, 3.05) is 7.11 Å². The van der Waals surface area contributed by atoms with Crippen molar-refractivity contribution in [3.05, 3.63) is 69.6 Å². The highest BCUT2D eigenvalue weighted by Gasteiger charge is 2.29. The van der Waals surface area contributed by atoms with Gasteiger partial charge in [-0.05, 0) is 79.4 Å². The summed E-state index contributed by atoms with van der Waals surface area (Å²) in [5, 5.41) is 3.65. The lowest BCUT2D eigenvalue weighted by atomic mass is 9.93. The Balaban J connectivity index is 2.28. The van der Waals surface area contributed by atoms with Crippen LogP contribution in [0.3, 0.4) is 0 Å². The normalized spacial score (nSPS) is 12.1. The van der Waals surface area contributed by atoms with Crippen LogP contribution in [0.1, 0.15) is 13.8 Å². The molecule has 4 aromatic rings. The number of fused-ring (bicyclic) bond motifs is 2. The second-order valence-electron chi connectivity index (χ2n) is 7.55. The van der Waals surface area contributed by atoms with Crippen LogP contribution in [0, 0.1) is 0 Å². The summed E-state index contributed by atoms with van der Waals surface area (Å²) in [5.74, 6) is 0.586. The quantitative estimate of drug-likeness (QED) is 0.288. The molecule has 4 nitrogen and oxygen atoms in total. The second kappa shape index (κ2) is 8.54. The molecule has 0 aliphatic carbocycles. The molecule has 0 radical (unpaired) electrons. The second-order valence-corrected chi connectivity index (χ2v) is 10.9. The first-order valence-electron chi connectivity index (χ1n) is 9.73. The molecule has 31 heavy (non-hydrogen) atoms. The zero-order valence-electron chi connectivity index (χ0n) is 17.2. The Hall–Kier alpha value is -1.93. The number of methoxy groups -OCH3 is 1. The van der Waals surface area contributed by atoms with Gasteiger partial charge in [0.1, 0.15) is 10.6 Å². The third-order valence-corrected chi connectivity index (χ3v) is 8.25. The zero-order chi connectivity index (χ0) is 22.3. The van der Waals surface area contributed by atoms with E-state index in [1.807, 2.05) is 60.7 Å². The van der Waals surface area contributed by atoms with E-state index in [0.717, 1.165) is 31.6 Å². The van der Waals surface area contributed by atoms with Gasteiger partial charge in [-0.15, -0.1) is 0 Å². The Kier molecular flexibility index (Phi) is 6.14. The van der Waals surface area contributed by atoms with E-state index in [-0.39, 0.29) is 10.9 Å². The lowest BCUT2D eigenvalue weighted by molar-refractivity contribution is 0.414.